The van der Waals surface area contributed by atoms with Gasteiger partial charge in [-0.25, -0.2) is 0 Å². The number of ether oxygens (including phenoxy) is 1. The van der Waals surface area contributed by atoms with Crippen LogP contribution in [-0.2, 0) is 4.74 Å². The molecule has 0 aromatic carbocycles. The molecule has 1 fully saturated rings. The van der Waals surface area contributed by atoms with E-state index in [2.05, 4.69) is 26.8 Å². The predicted molar refractivity (Wildman–Crippen MR) is 90.7 cm³/mol. The van der Waals surface area contributed by atoms with Crippen LogP contribution in [0.25, 0.3) is 0 Å². The Bertz CT molecular complexity index is 389. The zero-order valence-corrected chi connectivity index (χ0v) is 16.7. The number of rotatable bonds is 9. The fourth-order valence-corrected chi connectivity index (χ4v) is 3.86. The van der Waals surface area contributed by atoms with Crippen molar-refractivity contribution in [2.45, 2.75) is 59.0 Å². The van der Waals surface area contributed by atoms with Gasteiger partial charge in [-0.3, -0.25) is 0 Å². The third-order valence-corrected chi connectivity index (χ3v) is 5.78. The van der Waals surface area contributed by atoms with Crippen LogP contribution in [0.1, 0.15) is 64.7 Å². The van der Waals surface area contributed by atoms with Crippen LogP contribution < -0.4 is 17.0 Å². The first-order valence-electron chi connectivity index (χ1n) is 9.24. The molecule has 1 atom stereocenters. The van der Waals surface area contributed by atoms with E-state index in [0.29, 0.717) is 5.92 Å². The molecular weight excluding hydrogens is 354 g/mol. The molecule has 23 heavy (non-hydrogen) atoms. The molecule has 2 rings (SSSR count). The molecule has 1 unspecified atom stereocenters. The van der Waals surface area contributed by atoms with Gasteiger partial charge >= 0.3 is 0 Å². The molecule has 0 spiro atoms. The van der Waals surface area contributed by atoms with Gasteiger partial charge < -0.3 is 30.6 Å². The van der Waals surface area contributed by atoms with E-state index in [9.17, 15) is 0 Å². The standard InChI is InChI=1S/C19H34NO2.BrH/c1-4-20(5-2,6-3)14-16-22-19(18-13-10-15-21-18)17-11-8-7-9-12-17;/h10,13,15,17,19H,4-9,11-12,14,16H2,1-3H3;1H/q+1;/p-1. The molecule has 3 nitrogen and oxygen atoms in total. The second-order valence-electron chi connectivity index (χ2n) is 6.72. The fourth-order valence-electron chi connectivity index (χ4n) is 3.86. The number of likely N-dealkylation sites (N-methyl/N-ethyl adjacent to an activating group) is 1. The lowest BCUT2D eigenvalue weighted by Gasteiger charge is -2.36. The van der Waals surface area contributed by atoms with E-state index < -0.39 is 0 Å². The molecule has 0 aliphatic heterocycles. The van der Waals surface area contributed by atoms with Crippen LogP contribution in [0.2, 0.25) is 0 Å². The summed E-state index contributed by atoms with van der Waals surface area (Å²) < 4.78 is 13.2. The largest absolute Gasteiger partial charge is 1.00 e. The molecule has 0 radical (unpaired) electrons. The molecule has 4 heteroatoms. The third kappa shape index (κ3) is 5.61. The number of quaternary nitrogens is 1. The maximum Gasteiger partial charge on any atom is 0.132 e. The molecule has 1 aromatic rings. The van der Waals surface area contributed by atoms with E-state index in [0.717, 1.165) is 23.4 Å². The van der Waals surface area contributed by atoms with Crippen molar-refractivity contribution < 1.29 is 30.6 Å². The summed E-state index contributed by atoms with van der Waals surface area (Å²) in [5, 5.41) is 0. The van der Waals surface area contributed by atoms with Crippen LogP contribution in [0.3, 0.4) is 0 Å². The van der Waals surface area contributed by atoms with Crippen LogP contribution in [0.4, 0.5) is 0 Å². The molecule has 0 amide bonds. The summed E-state index contributed by atoms with van der Waals surface area (Å²) in [6.45, 7) is 12.4. The van der Waals surface area contributed by atoms with Crippen LogP contribution >= 0.6 is 0 Å². The predicted octanol–water partition coefficient (Wildman–Crippen LogP) is 1.80. The van der Waals surface area contributed by atoms with Crippen LogP contribution in [0.5, 0.6) is 0 Å². The fraction of sp³-hybridized carbons (Fsp3) is 0.789. The Labute approximate surface area is 152 Å². The minimum atomic E-state index is 0. The quantitative estimate of drug-likeness (QED) is 0.602. The highest BCUT2D eigenvalue weighted by atomic mass is 79.9. The first-order valence-corrected chi connectivity index (χ1v) is 9.24. The molecule has 1 heterocycles. The summed E-state index contributed by atoms with van der Waals surface area (Å²) in [5.41, 5.74) is 0. The maximum absolute atomic E-state index is 6.38. The molecule has 0 N–H and O–H groups in total. The van der Waals surface area contributed by atoms with Gasteiger partial charge in [0.15, 0.2) is 0 Å². The van der Waals surface area contributed by atoms with Crippen LogP contribution in [-0.4, -0.2) is 37.3 Å². The molecule has 1 aliphatic rings. The van der Waals surface area contributed by atoms with Crippen LogP contribution in [0, 0.1) is 5.92 Å². The van der Waals surface area contributed by atoms with Gasteiger partial charge in [-0.1, -0.05) is 19.3 Å². The molecular formula is C19H34BrNO2. The zero-order valence-electron chi connectivity index (χ0n) is 15.1. The summed E-state index contributed by atoms with van der Waals surface area (Å²) in [7, 11) is 0. The Hall–Kier alpha value is -0.320. The topological polar surface area (TPSA) is 22.4 Å². The van der Waals surface area contributed by atoms with Crippen molar-refractivity contribution in [3.63, 3.8) is 0 Å². The van der Waals surface area contributed by atoms with Gasteiger partial charge in [-0.05, 0) is 51.7 Å². The molecule has 1 saturated carbocycles. The Kier molecular flexibility index (Phi) is 9.48. The second kappa shape index (κ2) is 10.5. The highest BCUT2D eigenvalue weighted by Crippen LogP contribution is 2.37. The van der Waals surface area contributed by atoms with E-state index in [-0.39, 0.29) is 23.1 Å². The lowest BCUT2D eigenvalue weighted by Crippen LogP contribution is -3.00. The van der Waals surface area contributed by atoms with Crippen molar-refractivity contribution in [3.05, 3.63) is 24.2 Å². The maximum atomic E-state index is 6.38. The number of hydrogen-bond donors (Lipinski definition) is 0. The van der Waals surface area contributed by atoms with Gasteiger partial charge in [0, 0.05) is 0 Å². The highest BCUT2D eigenvalue weighted by molar-refractivity contribution is 5.04. The van der Waals surface area contributed by atoms with Crippen molar-refractivity contribution in [2.24, 2.45) is 5.92 Å². The number of nitrogens with zero attached hydrogens (tertiary/aromatic N) is 1. The number of halogens is 1. The molecule has 1 aromatic heterocycles. The molecule has 1 aliphatic carbocycles. The van der Waals surface area contributed by atoms with Gasteiger partial charge in [-0.2, -0.15) is 0 Å². The Morgan fingerprint density at radius 3 is 2.30 bits per heavy atom. The van der Waals surface area contributed by atoms with Crippen molar-refractivity contribution in [2.75, 3.05) is 32.8 Å². The van der Waals surface area contributed by atoms with Gasteiger partial charge in [0.25, 0.3) is 0 Å². The van der Waals surface area contributed by atoms with Gasteiger partial charge in [0.05, 0.1) is 32.5 Å². The van der Waals surface area contributed by atoms with Gasteiger partial charge in [0.2, 0.25) is 0 Å². The summed E-state index contributed by atoms with van der Waals surface area (Å²) in [4.78, 5) is 0. The Balaban J connectivity index is 0.00000264. The number of hydrogen-bond acceptors (Lipinski definition) is 2. The highest BCUT2D eigenvalue weighted by Gasteiger charge is 2.29. The van der Waals surface area contributed by atoms with E-state index in [1.54, 1.807) is 6.26 Å². The Morgan fingerprint density at radius 1 is 1.13 bits per heavy atom. The summed E-state index contributed by atoms with van der Waals surface area (Å²) in [6.07, 6.45) is 8.54. The van der Waals surface area contributed by atoms with Crippen molar-refractivity contribution in [1.82, 2.24) is 0 Å². The SMILES string of the molecule is CC[N+](CC)(CC)CCOC(c1ccco1)C1CCCCC1.[Br-]. The average molecular weight is 388 g/mol. The third-order valence-electron chi connectivity index (χ3n) is 5.78. The lowest BCUT2D eigenvalue weighted by atomic mass is 9.84. The van der Waals surface area contributed by atoms with Gasteiger partial charge in [0.1, 0.15) is 18.4 Å². The average Bonchev–Trinajstić information content (AvgIpc) is 3.11. The van der Waals surface area contributed by atoms with E-state index in [1.807, 2.05) is 6.07 Å². The van der Waals surface area contributed by atoms with E-state index >= 15 is 0 Å². The minimum absolute atomic E-state index is 0. The summed E-state index contributed by atoms with van der Waals surface area (Å²) >= 11 is 0. The van der Waals surface area contributed by atoms with Crippen molar-refractivity contribution >= 4 is 0 Å². The summed E-state index contributed by atoms with van der Waals surface area (Å²) in [6, 6.07) is 4.07. The van der Waals surface area contributed by atoms with E-state index in [1.165, 1.54) is 51.7 Å². The first-order chi connectivity index (χ1) is 10.7. The zero-order chi connectivity index (χ0) is 15.8. The lowest BCUT2D eigenvalue weighted by molar-refractivity contribution is -0.923. The normalized spacial score (nSPS) is 17.7. The van der Waals surface area contributed by atoms with Crippen LogP contribution in [0.15, 0.2) is 22.8 Å². The van der Waals surface area contributed by atoms with Crippen molar-refractivity contribution in [1.29, 1.82) is 0 Å². The Morgan fingerprint density at radius 2 is 1.78 bits per heavy atom. The minimum Gasteiger partial charge on any atom is -1.00 e. The van der Waals surface area contributed by atoms with E-state index in [4.69, 9.17) is 9.15 Å². The molecule has 134 valence electrons. The van der Waals surface area contributed by atoms with Gasteiger partial charge in [-0.15, -0.1) is 0 Å². The molecule has 0 bridgehead atoms. The van der Waals surface area contributed by atoms with Crippen molar-refractivity contribution in [3.8, 4) is 0 Å². The first kappa shape index (κ1) is 20.7. The smallest absolute Gasteiger partial charge is 0.132 e. The number of furan rings is 1. The second-order valence-corrected chi connectivity index (χ2v) is 6.72. The molecule has 0 saturated heterocycles. The monoisotopic (exact) mass is 387 g/mol. The summed E-state index contributed by atoms with van der Waals surface area (Å²) in [5.74, 6) is 1.65.